The van der Waals surface area contributed by atoms with Gasteiger partial charge in [0.15, 0.2) is 0 Å². The molecule has 1 N–H and O–H groups in total. The number of hydrogen-bond acceptors (Lipinski definition) is 4. The first-order valence-corrected chi connectivity index (χ1v) is 15.3. The number of aromatic nitrogens is 2. The minimum atomic E-state index is -0.862. The molecule has 0 aliphatic carbocycles. The highest BCUT2D eigenvalue weighted by Gasteiger charge is 2.40. The molecule has 0 aliphatic rings. The number of ether oxygens (including phenoxy) is 1. The molecule has 1 heterocycles. The number of hydrogen-bond donors (Lipinski definition) is 1. The van der Waals surface area contributed by atoms with Gasteiger partial charge in [-0.1, -0.05) is 126 Å². The number of carbonyl (C=O) groups is 1. The third-order valence-electron chi connectivity index (χ3n) is 8.23. The van der Waals surface area contributed by atoms with Gasteiger partial charge in [-0.3, -0.25) is 19.2 Å². The van der Waals surface area contributed by atoms with Crippen molar-refractivity contribution in [1.29, 1.82) is 0 Å². The molecule has 0 aliphatic heterocycles. The van der Waals surface area contributed by atoms with Crippen LogP contribution in [-0.2, 0) is 28.5 Å². The molecule has 6 aromatic rings. The van der Waals surface area contributed by atoms with E-state index in [1.165, 1.54) is 7.11 Å². The number of aryl methyl sites for hydroxylation is 1. The summed E-state index contributed by atoms with van der Waals surface area (Å²) in [6, 6.07) is 40.6. The Hall–Kier alpha value is -4.62. The predicted octanol–water partition coefficient (Wildman–Crippen LogP) is 7.30. The molecule has 226 valence electrons. The molecule has 6 rings (SSSR count). The van der Waals surface area contributed by atoms with Crippen LogP contribution in [0.1, 0.15) is 22.3 Å². The average Bonchev–Trinajstić information content (AvgIpc) is 3.32. The van der Waals surface area contributed by atoms with Crippen molar-refractivity contribution < 1.29 is 9.53 Å². The molecule has 0 saturated carbocycles. The van der Waals surface area contributed by atoms with E-state index in [9.17, 15) is 9.59 Å². The van der Waals surface area contributed by atoms with Crippen LogP contribution in [0.4, 0.5) is 0 Å². The van der Waals surface area contributed by atoms with Gasteiger partial charge in [-0.25, -0.2) is 4.79 Å². The maximum atomic E-state index is 13.5. The van der Waals surface area contributed by atoms with Crippen molar-refractivity contribution in [2.24, 2.45) is 7.05 Å². The highest BCUT2D eigenvalue weighted by atomic mass is 35.5. The summed E-state index contributed by atoms with van der Waals surface area (Å²) in [5.41, 5.74) is 4.76. The first-order valence-electron chi connectivity index (χ1n) is 14.5. The van der Waals surface area contributed by atoms with Gasteiger partial charge in [0.05, 0.1) is 39.4 Å². The Balaban J connectivity index is 1.41. The number of benzene rings is 5. The fraction of sp³-hybridized carbons (Fsp3) is 0.135. The number of methoxy groups -OCH3 is 1. The number of imidazole rings is 1. The maximum absolute atomic E-state index is 13.5. The molecular weight excluding hydrogens is 605 g/mol. The van der Waals surface area contributed by atoms with Crippen LogP contribution in [0.3, 0.4) is 0 Å². The number of rotatable bonds is 9. The van der Waals surface area contributed by atoms with E-state index in [1.54, 1.807) is 28.3 Å². The van der Waals surface area contributed by atoms with Crippen molar-refractivity contribution in [3.63, 3.8) is 0 Å². The van der Waals surface area contributed by atoms with E-state index in [-0.39, 0.29) is 11.7 Å². The molecular formula is C37H31Cl2N3O3. The summed E-state index contributed by atoms with van der Waals surface area (Å²) < 4.78 is 8.49. The van der Waals surface area contributed by atoms with E-state index in [2.05, 4.69) is 41.7 Å². The van der Waals surface area contributed by atoms with Crippen molar-refractivity contribution in [3.05, 3.63) is 170 Å². The minimum absolute atomic E-state index is 0.219. The zero-order valence-electron chi connectivity index (χ0n) is 24.8. The quantitative estimate of drug-likeness (QED) is 0.134. The van der Waals surface area contributed by atoms with Gasteiger partial charge in [0.2, 0.25) is 0 Å². The number of fused-ring (bicyclic) bond motifs is 1. The van der Waals surface area contributed by atoms with Gasteiger partial charge in [-0.15, -0.1) is 0 Å². The van der Waals surface area contributed by atoms with Gasteiger partial charge in [-0.2, -0.15) is 0 Å². The summed E-state index contributed by atoms with van der Waals surface area (Å²) >= 11 is 12.5. The van der Waals surface area contributed by atoms with Gasteiger partial charge in [0.1, 0.15) is 6.04 Å². The third-order valence-corrected chi connectivity index (χ3v) is 8.95. The summed E-state index contributed by atoms with van der Waals surface area (Å²) in [6.45, 7) is 0. The molecule has 0 unspecified atom stereocenters. The van der Waals surface area contributed by atoms with Crippen molar-refractivity contribution >= 4 is 40.2 Å². The second-order valence-corrected chi connectivity index (χ2v) is 11.7. The number of carbonyl (C=O) groups excluding carboxylic acids is 1. The first-order chi connectivity index (χ1) is 21.8. The van der Waals surface area contributed by atoms with Gasteiger partial charge < -0.3 is 4.74 Å². The summed E-state index contributed by atoms with van der Waals surface area (Å²) in [4.78, 5) is 26.7. The van der Waals surface area contributed by atoms with Crippen LogP contribution >= 0.6 is 23.2 Å². The van der Waals surface area contributed by atoms with Crippen molar-refractivity contribution in [2.75, 3.05) is 7.11 Å². The number of nitrogens with zero attached hydrogens (tertiary/aromatic N) is 2. The van der Waals surface area contributed by atoms with E-state index in [0.717, 1.165) is 22.3 Å². The molecule has 0 amide bonds. The molecule has 0 fully saturated rings. The van der Waals surface area contributed by atoms with Crippen LogP contribution < -0.4 is 11.0 Å². The molecule has 0 bridgehead atoms. The van der Waals surface area contributed by atoms with E-state index in [4.69, 9.17) is 27.9 Å². The fourth-order valence-electron chi connectivity index (χ4n) is 6.01. The van der Waals surface area contributed by atoms with Crippen LogP contribution in [0.15, 0.2) is 132 Å². The van der Waals surface area contributed by atoms with E-state index in [1.807, 2.05) is 78.9 Å². The zero-order valence-corrected chi connectivity index (χ0v) is 26.3. The first kappa shape index (κ1) is 30.4. The highest BCUT2D eigenvalue weighted by Crippen LogP contribution is 2.38. The molecule has 45 heavy (non-hydrogen) atoms. The summed E-state index contributed by atoms with van der Waals surface area (Å²) in [5.74, 6) is -0.386. The Morgan fingerprint density at radius 1 is 0.756 bits per heavy atom. The topological polar surface area (TPSA) is 65.3 Å². The summed E-state index contributed by atoms with van der Waals surface area (Å²) in [7, 11) is 3.10. The molecule has 0 saturated heterocycles. The second kappa shape index (κ2) is 12.8. The Morgan fingerprint density at radius 3 is 1.69 bits per heavy atom. The number of esters is 1. The number of nitrogens with one attached hydrogen (secondary N) is 1. The molecule has 1 aromatic heterocycles. The van der Waals surface area contributed by atoms with Crippen molar-refractivity contribution in [2.45, 2.75) is 18.0 Å². The monoisotopic (exact) mass is 635 g/mol. The maximum Gasteiger partial charge on any atom is 0.333 e. The lowest BCUT2D eigenvalue weighted by molar-refractivity contribution is -0.143. The molecule has 5 aromatic carbocycles. The summed E-state index contributed by atoms with van der Waals surface area (Å²) in [6.07, 6.45) is 0.340. The van der Waals surface area contributed by atoms with Gasteiger partial charge in [0.25, 0.3) is 0 Å². The van der Waals surface area contributed by atoms with Crippen LogP contribution in [0.5, 0.6) is 0 Å². The normalized spacial score (nSPS) is 12.3. The van der Waals surface area contributed by atoms with Crippen LogP contribution in [-0.4, -0.2) is 28.3 Å². The molecule has 6 nitrogen and oxygen atoms in total. The predicted molar refractivity (Wildman–Crippen MR) is 180 cm³/mol. The lowest BCUT2D eigenvalue weighted by Gasteiger charge is -2.39. The Bertz CT molecular complexity index is 1910. The standard InChI is InChI=1S/C37H31Cl2N3O3/c1-41-33-23-30(38)31(39)24-34(33)42(36(41)44)29-20-18-25(19-21-29)22-32(35(43)45-2)40-37(26-12-6-3-7-13-26,27-14-8-4-9-15-27)28-16-10-5-11-17-28/h3-21,23-24,32,40H,22H2,1-2H3/t32-/m0/s1. The molecule has 0 spiro atoms. The lowest BCUT2D eigenvalue weighted by Crippen LogP contribution is -2.53. The lowest BCUT2D eigenvalue weighted by atomic mass is 9.76. The Morgan fingerprint density at radius 2 is 1.22 bits per heavy atom. The Labute approximate surface area is 271 Å². The van der Waals surface area contributed by atoms with Crippen molar-refractivity contribution in [3.8, 4) is 5.69 Å². The Kier molecular flexibility index (Phi) is 8.63. The molecule has 8 heteroatoms. The van der Waals surface area contributed by atoms with E-state index in [0.29, 0.717) is 33.2 Å². The van der Waals surface area contributed by atoms with E-state index < -0.39 is 11.6 Å². The van der Waals surface area contributed by atoms with Gasteiger partial charge in [0, 0.05) is 7.05 Å². The SMILES string of the molecule is COC(=O)[C@H](Cc1ccc(-n2c(=O)n(C)c3cc(Cl)c(Cl)cc32)cc1)NC(c1ccccc1)(c1ccccc1)c1ccccc1. The third kappa shape index (κ3) is 5.69. The van der Waals surface area contributed by atoms with E-state index >= 15 is 0 Å². The fourth-order valence-corrected chi connectivity index (χ4v) is 6.32. The van der Waals surface area contributed by atoms with Crippen LogP contribution in [0.25, 0.3) is 16.7 Å². The second-order valence-electron chi connectivity index (χ2n) is 10.9. The molecule has 1 atom stereocenters. The summed E-state index contributed by atoms with van der Waals surface area (Å²) in [5, 5.41) is 4.50. The number of halogens is 2. The van der Waals surface area contributed by atoms with Gasteiger partial charge >= 0.3 is 11.7 Å². The highest BCUT2D eigenvalue weighted by molar-refractivity contribution is 6.42. The van der Waals surface area contributed by atoms with Gasteiger partial charge in [-0.05, 0) is 52.9 Å². The van der Waals surface area contributed by atoms with Crippen LogP contribution in [0.2, 0.25) is 10.0 Å². The largest absolute Gasteiger partial charge is 0.468 e. The van der Waals surface area contributed by atoms with Crippen LogP contribution in [0, 0.1) is 0 Å². The smallest absolute Gasteiger partial charge is 0.333 e. The average molecular weight is 637 g/mol. The molecule has 0 radical (unpaired) electrons. The van der Waals surface area contributed by atoms with Crippen molar-refractivity contribution in [1.82, 2.24) is 14.5 Å². The zero-order chi connectivity index (χ0) is 31.6. The minimum Gasteiger partial charge on any atom is -0.468 e.